The molecule has 4 fully saturated rings. The van der Waals surface area contributed by atoms with Gasteiger partial charge in [0.05, 0.1) is 44.5 Å². The van der Waals surface area contributed by atoms with Crippen LogP contribution in [0.4, 0.5) is 0 Å². The van der Waals surface area contributed by atoms with E-state index < -0.39 is 35.7 Å². The third-order valence-corrected chi connectivity index (χ3v) is 9.04. The van der Waals surface area contributed by atoms with Crippen molar-refractivity contribution in [3.8, 4) is 17.2 Å². The summed E-state index contributed by atoms with van der Waals surface area (Å²) in [5.41, 5.74) is 1.41. The Labute approximate surface area is 224 Å². The first kappa shape index (κ1) is 24.1. The summed E-state index contributed by atoms with van der Waals surface area (Å²) in [7, 11) is 1.58. The smallest absolute Gasteiger partial charge is 0.277 e. The standard InChI is InChI=1S/C29H30O10/c1-4-9-35-28-25-24(38-29(39-25,27(28)13-36-27)26-33-10-6-11-34-26)18-14(2)12-16-20(23(18)37-28)21(31)19-15(22(16)32-3)7-5-8-17(19)30/h4,12,24-26,31H,1,5-11,13H2,2-3H3/t24?,25?,27?,28-,29+/m0/s1. The number of Topliss-reactive ketones (excluding diaryl/α,β-unsaturated/α-hetero) is 1. The van der Waals surface area contributed by atoms with Crippen LogP contribution in [-0.4, -0.2) is 74.0 Å². The van der Waals surface area contributed by atoms with Crippen molar-refractivity contribution >= 4 is 16.6 Å². The number of benzene rings is 2. The number of phenols is 1. The molecule has 5 atom stereocenters. The van der Waals surface area contributed by atoms with Crippen LogP contribution in [0.25, 0.3) is 10.8 Å². The number of epoxide rings is 1. The van der Waals surface area contributed by atoms with E-state index in [0.717, 1.165) is 17.5 Å². The van der Waals surface area contributed by atoms with Crippen LogP contribution in [-0.2, 0) is 34.8 Å². The molecule has 10 nitrogen and oxygen atoms in total. The number of ketones is 1. The van der Waals surface area contributed by atoms with E-state index in [4.69, 9.17) is 37.9 Å². The van der Waals surface area contributed by atoms with Crippen LogP contribution in [0.1, 0.15) is 52.4 Å². The van der Waals surface area contributed by atoms with Gasteiger partial charge in [-0.1, -0.05) is 6.08 Å². The summed E-state index contributed by atoms with van der Waals surface area (Å²) in [5.74, 6) is -2.15. The number of phenolic OH excluding ortho intramolecular Hbond substituents is 1. The quantitative estimate of drug-likeness (QED) is 0.449. The maximum Gasteiger partial charge on any atom is 0.277 e. The fraction of sp³-hybridized carbons (Fsp3) is 0.552. The van der Waals surface area contributed by atoms with Crippen molar-refractivity contribution < 1.29 is 47.8 Å². The van der Waals surface area contributed by atoms with Gasteiger partial charge in [0.15, 0.2) is 11.9 Å². The molecule has 3 unspecified atom stereocenters. The molecule has 0 radical (unpaired) electrons. The van der Waals surface area contributed by atoms with Crippen LogP contribution in [0.3, 0.4) is 0 Å². The molecule has 0 saturated carbocycles. The van der Waals surface area contributed by atoms with E-state index in [2.05, 4.69) is 6.58 Å². The fourth-order valence-corrected chi connectivity index (χ4v) is 7.41. The lowest BCUT2D eigenvalue weighted by Gasteiger charge is -2.50. The topological polar surface area (TPSA) is 114 Å². The summed E-state index contributed by atoms with van der Waals surface area (Å²) >= 11 is 0. The molecule has 1 spiro atoms. The highest BCUT2D eigenvalue weighted by atomic mass is 16.9. The van der Waals surface area contributed by atoms with E-state index in [1.165, 1.54) is 0 Å². The molecule has 1 aliphatic carbocycles. The van der Waals surface area contributed by atoms with Crippen molar-refractivity contribution in [2.45, 2.75) is 68.3 Å². The molecule has 1 N–H and O–H groups in total. The number of hydrogen-bond acceptors (Lipinski definition) is 10. The minimum absolute atomic E-state index is 0.117. The van der Waals surface area contributed by atoms with Gasteiger partial charge in [-0.25, -0.2) is 0 Å². The molecule has 206 valence electrons. The first-order chi connectivity index (χ1) is 18.9. The number of fused-ring (bicyclic) bond motifs is 8. The Kier molecular flexibility index (Phi) is 4.90. The minimum Gasteiger partial charge on any atom is -0.506 e. The van der Waals surface area contributed by atoms with E-state index >= 15 is 0 Å². The zero-order valence-electron chi connectivity index (χ0n) is 21.9. The number of hydrogen-bond donors (Lipinski definition) is 1. The SMILES string of the molecule is C=CCO[C@]12Oc3c(c(C)cc4c(OC)c5c(c(O)c34)C(=O)CCC5)C3O[C@](C4OCCCO4)(OC31)C21CO1. The van der Waals surface area contributed by atoms with E-state index in [0.29, 0.717) is 60.3 Å². The second-order valence-corrected chi connectivity index (χ2v) is 11.0. The molecular formula is C29H30O10. The number of methoxy groups -OCH3 is 1. The molecule has 2 bridgehead atoms. The molecule has 5 aliphatic heterocycles. The zero-order chi connectivity index (χ0) is 26.7. The van der Waals surface area contributed by atoms with Gasteiger partial charge in [0, 0.05) is 22.9 Å². The molecule has 2 aromatic rings. The maximum absolute atomic E-state index is 13.1. The van der Waals surface area contributed by atoms with Gasteiger partial charge in [0.1, 0.15) is 23.4 Å². The predicted molar refractivity (Wildman–Crippen MR) is 134 cm³/mol. The van der Waals surface area contributed by atoms with Gasteiger partial charge in [-0.15, -0.1) is 6.58 Å². The molecule has 0 amide bonds. The summed E-state index contributed by atoms with van der Waals surface area (Å²) in [5, 5.41) is 12.7. The Morgan fingerprint density at radius 3 is 2.72 bits per heavy atom. The lowest BCUT2D eigenvalue weighted by atomic mass is 9.78. The number of carbonyl (C=O) groups excluding carboxylic acids is 1. The molecule has 6 aliphatic rings. The average Bonchev–Trinajstić information content (AvgIpc) is 3.60. The Morgan fingerprint density at radius 2 is 2.00 bits per heavy atom. The highest BCUT2D eigenvalue weighted by molar-refractivity contribution is 6.11. The van der Waals surface area contributed by atoms with Crippen molar-refractivity contribution in [3.63, 3.8) is 0 Å². The van der Waals surface area contributed by atoms with Gasteiger partial charge >= 0.3 is 0 Å². The fourth-order valence-electron chi connectivity index (χ4n) is 7.41. The molecule has 0 aromatic heterocycles. The molecule has 10 heteroatoms. The Balaban J connectivity index is 1.40. The number of rotatable bonds is 5. The third-order valence-electron chi connectivity index (χ3n) is 9.04. The van der Waals surface area contributed by atoms with Gasteiger partial charge in [0.2, 0.25) is 11.9 Å². The van der Waals surface area contributed by atoms with Crippen molar-refractivity contribution in [2.24, 2.45) is 0 Å². The monoisotopic (exact) mass is 538 g/mol. The third kappa shape index (κ3) is 2.70. The van der Waals surface area contributed by atoms with E-state index in [1.54, 1.807) is 13.2 Å². The van der Waals surface area contributed by atoms with Crippen LogP contribution < -0.4 is 9.47 Å². The molecule has 5 heterocycles. The maximum atomic E-state index is 13.1. The summed E-state index contributed by atoms with van der Waals surface area (Å²) in [6, 6.07) is 1.95. The number of aryl methyl sites for hydroxylation is 1. The Bertz CT molecular complexity index is 1440. The lowest BCUT2D eigenvalue weighted by molar-refractivity contribution is -0.366. The number of carbonyl (C=O) groups is 1. The number of ether oxygens (including phenoxy) is 8. The summed E-state index contributed by atoms with van der Waals surface area (Å²) < 4.78 is 50.8. The second kappa shape index (κ2) is 7.93. The molecule has 2 aromatic carbocycles. The highest BCUT2D eigenvalue weighted by Gasteiger charge is 2.93. The van der Waals surface area contributed by atoms with Crippen LogP contribution in [0.5, 0.6) is 17.2 Å². The summed E-state index contributed by atoms with van der Waals surface area (Å²) in [6.07, 6.45) is 1.92. The summed E-state index contributed by atoms with van der Waals surface area (Å²) in [4.78, 5) is 13.1. The Morgan fingerprint density at radius 1 is 1.21 bits per heavy atom. The molecular weight excluding hydrogens is 508 g/mol. The first-order valence-electron chi connectivity index (χ1n) is 13.5. The largest absolute Gasteiger partial charge is 0.506 e. The van der Waals surface area contributed by atoms with Crippen molar-refractivity contribution in [3.05, 3.63) is 41.0 Å². The number of aromatic hydroxyl groups is 1. The van der Waals surface area contributed by atoms with E-state index in [1.807, 2.05) is 13.0 Å². The first-order valence-corrected chi connectivity index (χ1v) is 13.5. The van der Waals surface area contributed by atoms with Crippen LogP contribution in [0.2, 0.25) is 0 Å². The van der Waals surface area contributed by atoms with Crippen LogP contribution in [0.15, 0.2) is 18.7 Å². The zero-order valence-corrected chi connectivity index (χ0v) is 21.9. The summed E-state index contributed by atoms with van der Waals surface area (Å²) in [6.45, 7) is 7.17. The Hall–Kier alpha value is -2.73. The molecule has 4 saturated heterocycles. The van der Waals surface area contributed by atoms with Crippen LogP contribution in [0, 0.1) is 6.92 Å². The lowest BCUT2D eigenvalue weighted by Crippen LogP contribution is -2.70. The average molecular weight is 539 g/mol. The minimum atomic E-state index is -1.44. The van der Waals surface area contributed by atoms with Crippen molar-refractivity contribution in [1.82, 2.24) is 0 Å². The van der Waals surface area contributed by atoms with Gasteiger partial charge in [-0.3, -0.25) is 4.79 Å². The van der Waals surface area contributed by atoms with Gasteiger partial charge in [-0.2, -0.15) is 0 Å². The van der Waals surface area contributed by atoms with Crippen LogP contribution >= 0.6 is 0 Å². The predicted octanol–water partition coefficient (Wildman–Crippen LogP) is 3.37. The highest BCUT2D eigenvalue weighted by Crippen LogP contribution is 2.72. The molecule has 39 heavy (non-hydrogen) atoms. The van der Waals surface area contributed by atoms with Crippen molar-refractivity contribution in [1.29, 1.82) is 0 Å². The normalized spacial score (nSPS) is 36.1. The second-order valence-electron chi connectivity index (χ2n) is 11.0. The van der Waals surface area contributed by atoms with Gasteiger partial charge in [0.25, 0.3) is 11.6 Å². The molecule has 8 rings (SSSR count). The van der Waals surface area contributed by atoms with E-state index in [9.17, 15) is 9.90 Å². The van der Waals surface area contributed by atoms with E-state index in [-0.39, 0.29) is 30.3 Å². The van der Waals surface area contributed by atoms with Crippen molar-refractivity contribution in [2.75, 3.05) is 33.5 Å². The van der Waals surface area contributed by atoms with Gasteiger partial charge < -0.3 is 43.0 Å². The van der Waals surface area contributed by atoms with Gasteiger partial charge in [-0.05, 0) is 37.8 Å².